The van der Waals surface area contributed by atoms with Gasteiger partial charge in [0, 0.05) is 13.2 Å². The van der Waals surface area contributed by atoms with Gasteiger partial charge in [-0.1, -0.05) is 0 Å². The molecule has 1 aliphatic rings. The van der Waals surface area contributed by atoms with Crippen molar-refractivity contribution in [2.75, 3.05) is 13.6 Å². The van der Waals surface area contributed by atoms with E-state index in [4.69, 9.17) is 0 Å². The summed E-state index contributed by atoms with van der Waals surface area (Å²) in [4.78, 5) is 0.995. The maximum Gasteiger partial charge on any atom is 0.462 e. The summed E-state index contributed by atoms with van der Waals surface area (Å²) < 4.78 is 48.4. The molecule has 0 aromatic carbocycles. The molecule has 0 unspecified atom stereocenters. The van der Waals surface area contributed by atoms with E-state index in [1.54, 1.807) is 0 Å². The van der Waals surface area contributed by atoms with Crippen LogP contribution in [-0.4, -0.2) is 29.7 Å². The Balaban J connectivity index is 2.68. The first-order valence-electron chi connectivity index (χ1n) is 3.16. The van der Waals surface area contributed by atoms with Crippen molar-refractivity contribution in [1.29, 1.82) is 0 Å². The zero-order valence-electron chi connectivity index (χ0n) is 6.27. The van der Waals surface area contributed by atoms with Gasteiger partial charge in [-0.05, 0) is 0 Å². The van der Waals surface area contributed by atoms with Crippen molar-refractivity contribution in [3.8, 4) is 0 Å². The average Bonchev–Trinajstić information content (AvgIpc) is 1.82. The third-order valence-electron chi connectivity index (χ3n) is 1.31. The normalized spacial score (nSPS) is 21.1. The van der Waals surface area contributed by atoms with E-state index in [0.717, 1.165) is 17.8 Å². The number of rotatable bonds is 0. The van der Waals surface area contributed by atoms with Gasteiger partial charge in [-0.2, -0.15) is 18.1 Å². The Morgan fingerprint density at radius 1 is 1.42 bits per heavy atom. The largest absolute Gasteiger partial charge is 0.462 e. The summed E-state index contributed by atoms with van der Waals surface area (Å²) in [5.74, 6) is -0.808. The first kappa shape index (κ1) is 9.31. The van der Waals surface area contributed by atoms with Crippen LogP contribution < -0.4 is 0 Å². The Hall–Kier alpha value is -0.780. The molecule has 0 atom stereocenters. The highest BCUT2D eigenvalue weighted by Crippen LogP contribution is 2.27. The van der Waals surface area contributed by atoms with Crippen molar-refractivity contribution in [3.05, 3.63) is 18.7 Å². The number of hydrogen-bond donors (Lipinski definition) is 0. The lowest BCUT2D eigenvalue weighted by Crippen LogP contribution is -2.43. The Kier molecular flexibility index (Phi) is 2.27. The fourth-order valence-corrected chi connectivity index (χ4v) is 0.874. The van der Waals surface area contributed by atoms with Crippen LogP contribution in [0.3, 0.4) is 0 Å². The van der Waals surface area contributed by atoms with Gasteiger partial charge in [-0.15, -0.1) is 0 Å². The van der Waals surface area contributed by atoms with Crippen LogP contribution in [0.25, 0.3) is 0 Å². The molecule has 0 fully saturated rings. The minimum Gasteiger partial charge on any atom is -0.359 e. The maximum absolute atomic E-state index is 12.5. The van der Waals surface area contributed by atoms with Gasteiger partial charge in [0.25, 0.3) is 0 Å². The van der Waals surface area contributed by atoms with Crippen molar-refractivity contribution in [1.82, 2.24) is 9.80 Å². The fourth-order valence-electron chi connectivity index (χ4n) is 0.874. The second kappa shape index (κ2) is 2.93. The molecule has 69 valence electrons. The lowest BCUT2D eigenvalue weighted by atomic mass is 10.4. The molecule has 0 aromatic heterocycles. The molecular weight excluding hydrogens is 176 g/mol. The fraction of sp³-hybridized carbons (Fsp3) is 0.500. The van der Waals surface area contributed by atoms with Gasteiger partial charge in [0.15, 0.2) is 0 Å². The smallest absolute Gasteiger partial charge is 0.359 e. The quantitative estimate of drug-likeness (QED) is 0.416. The lowest BCUT2D eigenvalue weighted by Gasteiger charge is -2.30. The molecule has 12 heavy (non-hydrogen) atoms. The minimum atomic E-state index is -4.51. The Morgan fingerprint density at radius 3 is 2.42 bits per heavy atom. The van der Waals surface area contributed by atoms with E-state index < -0.39 is 18.7 Å². The second-order valence-electron chi connectivity index (χ2n) is 2.45. The molecule has 1 rings (SSSR count). The highest BCUT2D eigenvalue weighted by molar-refractivity contribution is 5.01. The van der Waals surface area contributed by atoms with E-state index >= 15 is 0 Å². The molecule has 0 N–H and O–H groups in total. The molecule has 0 bridgehead atoms. The van der Waals surface area contributed by atoms with E-state index in [-0.39, 0.29) is 4.90 Å². The van der Waals surface area contributed by atoms with Crippen molar-refractivity contribution >= 4 is 0 Å². The maximum atomic E-state index is 12.5. The predicted octanol–water partition coefficient (Wildman–Crippen LogP) is 1.68. The number of halogens is 4. The minimum absolute atomic E-state index is 0.0255. The van der Waals surface area contributed by atoms with Crippen LogP contribution in [0.15, 0.2) is 12.0 Å². The summed E-state index contributed by atoms with van der Waals surface area (Å²) >= 11 is 0. The molecule has 0 aromatic rings. The van der Waals surface area contributed by atoms with Gasteiger partial charge >= 0.3 is 6.30 Å². The van der Waals surface area contributed by atoms with Crippen molar-refractivity contribution < 1.29 is 17.6 Å². The summed E-state index contributed by atoms with van der Waals surface area (Å²) in [5, 5.41) is 0. The summed E-state index contributed by atoms with van der Waals surface area (Å²) in [6.45, 7) is 0.0525. The highest BCUT2D eigenvalue weighted by atomic mass is 19.4. The van der Waals surface area contributed by atoms with Gasteiger partial charge in [0.2, 0.25) is 0 Å². The topological polar surface area (TPSA) is 6.48 Å². The van der Waals surface area contributed by atoms with Crippen LogP contribution in [0.5, 0.6) is 0 Å². The van der Waals surface area contributed by atoms with Crippen molar-refractivity contribution in [3.63, 3.8) is 0 Å². The molecular formula is C6H7F4N2. The Morgan fingerprint density at radius 2 is 2.00 bits per heavy atom. The third kappa shape index (κ3) is 2.10. The van der Waals surface area contributed by atoms with E-state index in [1.807, 2.05) is 0 Å². The SMILES string of the molecule is CN1[CH]N(C(F)(F)F)CC(F)=C1. The molecule has 2 nitrogen and oxygen atoms in total. The van der Waals surface area contributed by atoms with Gasteiger partial charge < -0.3 is 4.90 Å². The lowest BCUT2D eigenvalue weighted by molar-refractivity contribution is -0.240. The molecule has 0 spiro atoms. The van der Waals surface area contributed by atoms with E-state index in [0.29, 0.717) is 0 Å². The van der Waals surface area contributed by atoms with Gasteiger partial charge in [-0.25, -0.2) is 4.39 Å². The van der Waals surface area contributed by atoms with Crippen LogP contribution in [0.1, 0.15) is 0 Å². The van der Waals surface area contributed by atoms with Crippen LogP contribution >= 0.6 is 0 Å². The molecule has 6 heteroatoms. The second-order valence-corrected chi connectivity index (χ2v) is 2.45. The molecule has 0 saturated carbocycles. The molecule has 0 amide bonds. The Labute approximate surface area is 67.1 Å². The zero-order valence-corrected chi connectivity index (χ0v) is 6.27. The molecule has 0 saturated heterocycles. The molecule has 0 aliphatic carbocycles. The zero-order chi connectivity index (χ0) is 9.35. The molecule has 1 radical (unpaired) electrons. The van der Waals surface area contributed by atoms with Gasteiger partial charge in [-0.3, -0.25) is 0 Å². The van der Waals surface area contributed by atoms with Gasteiger partial charge in [0.05, 0.1) is 6.54 Å². The van der Waals surface area contributed by atoms with Crippen LogP contribution in [0.2, 0.25) is 0 Å². The predicted molar refractivity (Wildman–Crippen MR) is 34.0 cm³/mol. The number of hydrogen-bond acceptors (Lipinski definition) is 2. The first-order valence-corrected chi connectivity index (χ1v) is 3.16. The van der Waals surface area contributed by atoms with E-state index in [1.165, 1.54) is 7.05 Å². The van der Waals surface area contributed by atoms with Crippen LogP contribution in [0.4, 0.5) is 17.6 Å². The monoisotopic (exact) mass is 183 g/mol. The first-order chi connectivity index (χ1) is 5.39. The highest BCUT2D eigenvalue weighted by Gasteiger charge is 2.39. The average molecular weight is 183 g/mol. The molecule has 1 aliphatic heterocycles. The van der Waals surface area contributed by atoms with E-state index in [2.05, 4.69) is 0 Å². The summed E-state index contributed by atoms with van der Waals surface area (Å²) in [7, 11) is 1.33. The van der Waals surface area contributed by atoms with Crippen molar-refractivity contribution in [2.45, 2.75) is 6.30 Å². The van der Waals surface area contributed by atoms with Crippen LogP contribution in [-0.2, 0) is 0 Å². The third-order valence-corrected chi connectivity index (χ3v) is 1.31. The summed E-state index contributed by atoms with van der Waals surface area (Å²) in [6.07, 6.45) is -3.51. The summed E-state index contributed by atoms with van der Waals surface area (Å²) in [5.41, 5.74) is 0. The van der Waals surface area contributed by atoms with Gasteiger partial charge in [0.1, 0.15) is 12.5 Å². The van der Waals surface area contributed by atoms with Crippen molar-refractivity contribution in [2.24, 2.45) is 0 Å². The van der Waals surface area contributed by atoms with E-state index in [9.17, 15) is 17.6 Å². The summed E-state index contributed by atoms with van der Waals surface area (Å²) in [6, 6.07) is 0. The molecule has 1 heterocycles. The number of alkyl halides is 3. The standard InChI is InChI=1S/C6H7F4N2/c1-11-2-5(7)3-12(4-11)6(8,9)10/h2,4H,3H2,1H3. The number of nitrogens with zero attached hydrogens (tertiary/aromatic N) is 2. The Bertz CT molecular complexity index is 198. The van der Waals surface area contributed by atoms with Crippen LogP contribution in [0, 0.1) is 6.67 Å².